The van der Waals surface area contributed by atoms with Gasteiger partial charge in [-0.15, -0.1) is 0 Å². The molecular weight excluding hydrogens is 306 g/mol. The molecule has 0 aliphatic carbocycles. The SMILES string of the molecule is O=C1c2ccc([N+](=O)[O-])c([N+](=O)[O-])c2C(=O)N1c1ccccc1. The lowest BCUT2D eigenvalue weighted by molar-refractivity contribution is -0.422. The van der Waals surface area contributed by atoms with E-state index in [2.05, 4.69) is 0 Å². The Bertz CT molecular complexity index is 878. The number of anilines is 1. The minimum absolute atomic E-state index is 0.226. The highest BCUT2D eigenvalue weighted by Gasteiger charge is 2.45. The minimum atomic E-state index is -1.02. The molecule has 0 aromatic heterocycles. The average molecular weight is 313 g/mol. The van der Waals surface area contributed by atoms with Crippen molar-refractivity contribution in [3.8, 4) is 0 Å². The molecule has 9 nitrogen and oxygen atoms in total. The van der Waals surface area contributed by atoms with Crippen molar-refractivity contribution in [1.82, 2.24) is 0 Å². The van der Waals surface area contributed by atoms with E-state index >= 15 is 0 Å². The number of nitro benzene ring substituents is 2. The van der Waals surface area contributed by atoms with Gasteiger partial charge in [0.15, 0.2) is 0 Å². The predicted molar refractivity (Wildman–Crippen MR) is 77.3 cm³/mol. The molecule has 0 atom stereocenters. The van der Waals surface area contributed by atoms with Gasteiger partial charge in [0.25, 0.3) is 11.8 Å². The van der Waals surface area contributed by atoms with Crippen molar-refractivity contribution in [3.63, 3.8) is 0 Å². The summed E-state index contributed by atoms with van der Waals surface area (Å²) in [7, 11) is 0. The van der Waals surface area contributed by atoms with Crippen molar-refractivity contribution in [2.45, 2.75) is 0 Å². The van der Waals surface area contributed by atoms with Crippen molar-refractivity contribution in [2.24, 2.45) is 0 Å². The summed E-state index contributed by atoms with van der Waals surface area (Å²) in [6.45, 7) is 0. The standard InChI is InChI=1S/C14H7N3O6/c18-13-9-6-7-10(16(20)21)12(17(22)23)11(9)14(19)15(13)8-4-2-1-3-5-8/h1-7H. The van der Waals surface area contributed by atoms with E-state index in [1.165, 1.54) is 12.1 Å². The Kier molecular flexibility index (Phi) is 3.10. The number of carbonyl (C=O) groups is 2. The first-order chi connectivity index (χ1) is 10.9. The largest absolute Gasteiger partial charge is 0.359 e. The summed E-state index contributed by atoms with van der Waals surface area (Å²) in [4.78, 5) is 45.8. The number of nitro groups is 2. The van der Waals surface area contributed by atoms with Crippen LogP contribution in [0.5, 0.6) is 0 Å². The van der Waals surface area contributed by atoms with Crippen LogP contribution in [0.1, 0.15) is 20.7 Å². The first-order valence-corrected chi connectivity index (χ1v) is 6.33. The molecule has 23 heavy (non-hydrogen) atoms. The van der Waals surface area contributed by atoms with Crippen LogP contribution >= 0.6 is 0 Å². The molecule has 2 aromatic carbocycles. The van der Waals surface area contributed by atoms with Gasteiger partial charge in [-0.3, -0.25) is 29.8 Å². The van der Waals surface area contributed by atoms with Gasteiger partial charge in [-0.25, -0.2) is 4.90 Å². The molecule has 0 fully saturated rings. The molecule has 0 unspecified atom stereocenters. The molecule has 0 N–H and O–H groups in total. The maximum absolute atomic E-state index is 12.5. The van der Waals surface area contributed by atoms with E-state index in [9.17, 15) is 29.8 Å². The summed E-state index contributed by atoms with van der Waals surface area (Å²) in [5, 5.41) is 22.2. The second-order valence-corrected chi connectivity index (χ2v) is 4.65. The van der Waals surface area contributed by atoms with Gasteiger partial charge in [-0.2, -0.15) is 0 Å². The molecule has 0 saturated carbocycles. The van der Waals surface area contributed by atoms with Crippen molar-refractivity contribution in [1.29, 1.82) is 0 Å². The summed E-state index contributed by atoms with van der Waals surface area (Å²) in [6.07, 6.45) is 0. The Morgan fingerprint density at radius 2 is 1.48 bits per heavy atom. The predicted octanol–water partition coefficient (Wildman–Crippen LogP) is 2.30. The third kappa shape index (κ3) is 2.02. The number of nitrogens with zero attached hydrogens (tertiary/aromatic N) is 3. The molecule has 1 heterocycles. The quantitative estimate of drug-likeness (QED) is 0.486. The van der Waals surface area contributed by atoms with Gasteiger partial charge in [0.1, 0.15) is 5.56 Å². The average Bonchev–Trinajstić information content (AvgIpc) is 2.78. The third-order valence-corrected chi connectivity index (χ3v) is 3.40. The van der Waals surface area contributed by atoms with Gasteiger partial charge >= 0.3 is 11.4 Å². The number of benzene rings is 2. The maximum Gasteiger partial charge on any atom is 0.359 e. The van der Waals surface area contributed by atoms with E-state index < -0.39 is 38.6 Å². The van der Waals surface area contributed by atoms with Crippen LogP contribution in [-0.4, -0.2) is 21.7 Å². The number of carbonyl (C=O) groups excluding carboxylic acids is 2. The normalized spacial score (nSPS) is 13.1. The monoisotopic (exact) mass is 313 g/mol. The number of para-hydroxylation sites is 1. The van der Waals surface area contributed by atoms with Crippen LogP contribution in [-0.2, 0) is 0 Å². The first kappa shape index (κ1) is 14.3. The Morgan fingerprint density at radius 3 is 2.04 bits per heavy atom. The smallest absolute Gasteiger partial charge is 0.268 e. The highest BCUT2D eigenvalue weighted by atomic mass is 16.6. The van der Waals surface area contributed by atoms with Gasteiger partial charge in [-0.1, -0.05) is 18.2 Å². The zero-order chi connectivity index (χ0) is 16.7. The van der Waals surface area contributed by atoms with E-state index in [0.29, 0.717) is 0 Å². The summed E-state index contributed by atoms with van der Waals surface area (Å²) in [6, 6.07) is 9.75. The number of rotatable bonds is 3. The second-order valence-electron chi connectivity index (χ2n) is 4.65. The number of amides is 2. The van der Waals surface area contributed by atoms with Crippen molar-refractivity contribution < 1.29 is 19.4 Å². The van der Waals surface area contributed by atoms with Crippen LogP contribution in [0.25, 0.3) is 0 Å². The molecule has 9 heteroatoms. The molecule has 1 aliphatic heterocycles. The minimum Gasteiger partial charge on any atom is -0.268 e. The Labute approximate surface area is 128 Å². The molecule has 114 valence electrons. The number of hydrogen-bond acceptors (Lipinski definition) is 6. The molecule has 1 aliphatic rings. The van der Waals surface area contributed by atoms with E-state index in [1.54, 1.807) is 18.2 Å². The third-order valence-electron chi connectivity index (χ3n) is 3.40. The van der Waals surface area contributed by atoms with Crippen LogP contribution in [0.3, 0.4) is 0 Å². The lowest BCUT2D eigenvalue weighted by Gasteiger charge is -2.12. The van der Waals surface area contributed by atoms with Crippen LogP contribution in [0, 0.1) is 20.2 Å². The van der Waals surface area contributed by atoms with Gasteiger partial charge in [0, 0.05) is 6.07 Å². The number of fused-ring (bicyclic) bond motifs is 1. The Morgan fingerprint density at radius 1 is 0.826 bits per heavy atom. The maximum atomic E-state index is 12.5. The molecule has 0 radical (unpaired) electrons. The fourth-order valence-electron chi connectivity index (χ4n) is 2.44. The fraction of sp³-hybridized carbons (Fsp3) is 0. The van der Waals surface area contributed by atoms with E-state index in [-0.39, 0.29) is 11.3 Å². The summed E-state index contributed by atoms with van der Waals surface area (Å²) < 4.78 is 0. The van der Waals surface area contributed by atoms with Crippen molar-refractivity contribution >= 4 is 28.9 Å². The van der Waals surface area contributed by atoms with Gasteiger partial charge in [0.05, 0.1) is 21.1 Å². The highest BCUT2D eigenvalue weighted by Crippen LogP contribution is 2.39. The van der Waals surface area contributed by atoms with Crippen LogP contribution < -0.4 is 4.90 Å². The Balaban J connectivity index is 2.25. The summed E-state index contributed by atoms with van der Waals surface area (Å²) in [5.41, 5.74) is -2.35. The van der Waals surface area contributed by atoms with Crippen LogP contribution in [0.4, 0.5) is 17.1 Å². The molecule has 0 spiro atoms. The Hall–Kier alpha value is -3.62. The van der Waals surface area contributed by atoms with E-state index in [0.717, 1.165) is 17.0 Å². The molecule has 0 saturated heterocycles. The number of imide groups is 1. The summed E-state index contributed by atoms with van der Waals surface area (Å²) >= 11 is 0. The fourth-order valence-corrected chi connectivity index (χ4v) is 2.44. The van der Waals surface area contributed by atoms with Crippen molar-refractivity contribution in [2.75, 3.05) is 4.90 Å². The molecule has 2 amide bonds. The lowest BCUT2D eigenvalue weighted by Crippen LogP contribution is -2.29. The summed E-state index contributed by atoms with van der Waals surface area (Å²) in [5.74, 6) is -1.71. The molecule has 3 rings (SSSR count). The van der Waals surface area contributed by atoms with Gasteiger partial charge in [0.2, 0.25) is 0 Å². The van der Waals surface area contributed by atoms with Crippen LogP contribution in [0.2, 0.25) is 0 Å². The highest BCUT2D eigenvalue weighted by molar-refractivity contribution is 6.36. The molecule has 2 aromatic rings. The van der Waals surface area contributed by atoms with Gasteiger partial charge in [-0.05, 0) is 18.2 Å². The van der Waals surface area contributed by atoms with E-state index in [1.807, 2.05) is 0 Å². The van der Waals surface area contributed by atoms with Crippen molar-refractivity contribution in [3.05, 3.63) is 73.8 Å². The number of hydrogen-bond donors (Lipinski definition) is 0. The topological polar surface area (TPSA) is 124 Å². The zero-order valence-corrected chi connectivity index (χ0v) is 11.3. The molecular formula is C14H7N3O6. The molecule has 0 bridgehead atoms. The zero-order valence-electron chi connectivity index (χ0n) is 11.3. The van der Waals surface area contributed by atoms with Crippen LogP contribution in [0.15, 0.2) is 42.5 Å². The van der Waals surface area contributed by atoms with E-state index in [4.69, 9.17) is 0 Å². The van der Waals surface area contributed by atoms with Gasteiger partial charge < -0.3 is 0 Å². The first-order valence-electron chi connectivity index (χ1n) is 6.33. The second kappa shape index (κ2) is 4.98. The lowest BCUT2D eigenvalue weighted by atomic mass is 10.1.